The van der Waals surface area contributed by atoms with E-state index in [0.717, 1.165) is 41.4 Å². The SMILES string of the molecule is O=C(C[C@@H]1CSc2nc3c(c(=O)n21)CCC3)N1CCOCC1. The normalized spacial score (nSPS) is 23.5. The summed E-state index contributed by atoms with van der Waals surface area (Å²) in [5.74, 6) is 0.885. The third-order valence-corrected chi connectivity index (χ3v) is 5.74. The molecule has 0 radical (unpaired) electrons. The van der Waals surface area contributed by atoms with Gasteiger partial charge in [-0.3, -0.25) is 14.2 Å². The van der Waals surface area contributed by atoms with E-state index in [9.17, 15) is 9.59 Å². The third kappa shape index (κ3) is 2.36. The van der Waals surface area contributed by atoms with Gasteiger partial charge in [0.1, 0.15) is 0 Å². The highest BCUT2D eigenvalue weighted by Crippen LogP contribution is 2.34. The molecule has 3 heterocycles. The van der Waals surface area contributed by atoms with E-state index in [1.54, 1.807) is 16.3 Å². The van der Waals surface area contributed by atoms with E-state index in [0.29, 0.717) is 32.7 Å². The van der Waals surface area contributed by atoms with E-state index in [1.807, 2.05) is 4.90 Å². The maximum absolute atomic E-state index is 12.7. The number of aryl methyl sites for hydroxylation is 1. The summed E-state index contributed by atoms with van der Waals surface area (Å²) in [7, 11) is 0. The summed E-state index contributed by atoms with van der Waals surface area (Å²) in [5.41, 5.74) is 1.93. The molecule has 7 heteroatoms. The molecule has 0 saturated carbocycles. The molecule has 1 aromatic rings. The molecular formula is C15H19N3O3S. The summed E-state index contributed by atoms with van der Waals surface area (Å²) in [6.07, 6.45) is 3.15. The lowest BCUT2D eigenvalue weighted by Crippen LogP contribution is -2.42. The number of hydrogen-bond acceptors (Lipinski definition) is 5. The van der Waals surface area contributed by atoms with Crippen molar-refractivity contribution in [3.05, 3.63) is 21.6 Å². The molecule has 1 aromatic heterocycles. The molecule has 118 valence electrons. The van der Waals surface area contributed by atoms with Crippen molar-refractivity contribution in [2.45, 2.75) is 36.9 Å². The van der Waals surface area contributed by atoms with E-state index in [1.165, 1.54) is 0 Å². The fraction of sp³-hybridized carbons (Fsp3) is 0.667. The van der Waals surface area contributed by atoms with Gasteiger partial charge < -0.3 is 9.64 Å². The zero-order valence-electron chi connectivity index (χ0n) is 12.4. The summed E-state index contributed by atoms with van der Waals surface area (Å²) < 4.78 is 7.05. The van der Waals surface area contributed by atoms with Crippen LogP contribution in [0.2, 0.25) is 0 Å². The number of fused-ring (bicyclic) bond motifs is 2. The van der Waals surface area contributed by atoms with E-state index in [2.05, 4.69) is 4.98 Å². The van der Waals surface area contributed by atoms with Crippen LogP contribution in [0.15, 0.2) is 9.95 Å². The fourth-order valence-corrected chi connectivity index (χ4v) is 4.60. The lowest BCUT2D eigenvalue weighted by atomic mass is 10.2. The predicted octanol–water partition coefficient (Wildman–Crippen LogP) is 0.628. The molecule has 1 amide bonds. The number of thioether (sulfide) groups is 1. The number of carbonyl (C=O) groups excluding carboxylic acids is 1. The second kappa shape index (κ2) is 5.70. The van der Waals surface area contributed by atoms with Crippen molar-refractivity contribution < 1.29 is 9.53 Å². The van der Waals surface area contributed by atoms with Gasteiger partial charge in [0.15, 0.2) is 5.16 Å². The summed E-state index contributed by atoms with van der Waals surface area (Å²) in [6.45, 7) is 2.53. The minimum Gasteiger partial charge on any atom is -0.378 e. The largest absolute Gasteiger partial charge is 0.378 e. The van der Waals surface area contributed by atoms with Crippen LogP contribution in [0, 0.1) is 0 Å². The molecule has 4 rings (SSSR count). The van der Waals surface area contributed by atoms with Crippen molar-refractivity contribution in [3.8, 4) is 0 Å². The van der Waals surface area contributed by atoms with Gasteiger partial charge in [0.25, 0.3) is 5.56 Å². The number of rotatable bonds is 2. The number of carbonyl (C=O) groups is 1. The number of hydrogen-bond donors (Lipinski definition) is 0. The highest BCUT2D eigenvalue weighted by atomic mass is 32.2. The van der Waals surface area contributed by atoms with Crippen LogP contribution in [0.4, 0.5) is 0 Å². The number of morpholine rings is 1. The highest BCUT2D eigenvalue weighted by molar-refractivity contribution is 7.99. The van der Waals surface area contributed by atoms with Crippen LogP contribution in [0.5, 0.6) is 0 Å². The molecule has 0 unspecified atom stereocenters. The molecule has 0 spiro atoms. The van der Waals surface area contributed by atoms with Gasteiger partial charge in [-0.05, 0) is 19.3 Å². The Morgan fingerprint density at radius 1 is 1.32 bits per heavy atom. The standard InChI is InChI=1S/C15H19N3O3S/c19-13(17-4-6-21-7-5-17)8-10-9-22-15-16-12-3-1-2-11(12)14(20)18(10)15/h10H,1-9H2/t10-/m1/s1. The molecule has 1 saturated heterocycles. The van der Waals surface area contributed by atoms with Gasteiger partial charge in [-0.1, -0.05) is 11.8 Å². The Labute approximate surface area is 132 Å². The lowest BCUT2D eigenvalue weighted by Gasteiger charge is -2.28. The second-order valence-corrected chi connectivity index (χ2v) is 7.00. The Kier molecular flexibility index (Phi) is 3.69. The molecule has 2 aliphatic heterocycles. The fourth-order valence-electron chi connectivity index (χ4n) is 3.45. The van der Waals surface area contributed by atoms with Crippen molar-refractivity contribution in [1.29, 1.82) is 0 Å². The second-order valence-electron chi connectivity index (χ2n) is 6.01. The van der Waals surface area contributed by atoms with Crippen LogP contribution < -0.4 is 5.56 Å². The van der Waals surface area contributed by atoms with Crippen LogP contribution in [0.1, 0.15) is 30.1 Å². The average Bonchev–Trinajstić information content (AvgIpc) is 3.16. The Morgan fingerprint density at radius 2 is 2.14 bits per heavy atom. The molecule has 22 heavy (non-hydrogen) atoms. The first kappa shape index (κ1) is 14.3. The molecule has 6 nitrogen and oxygen atoms in total. The highest BCUT2D eigenvalue weighted by Gasteiger charge is 2.32. The van der Waals surface area contributed by atoms with Crippen molar-refractivity contribution in [2.24, 2.45) is 0 Å². The Bertz CT molecular complexity index is 667. The molecule has 0 aromatic carbocycles. The van der Waals surface area contributed by atoms with E-state index >= 15 is 0 Å². The van der Waals surface area contributed by atoms with Crippen molar-refractivity contribution in [1.82, 2.24) is 14.5 Å². The first-order chi connectivity index (χ1) is 10.7. The summed E-state index contributed by atoms with van der Waals surface area (Å²) >= 11 is 1.60. The Hall–Kier alpha value is -1.34. The van der Waals surface area contributed by atoms with Crippen LogP contribution in [0.25, 0.3) is 0 Å². The topological polar surface area (TPSA) is 64.4 Å². The van der Waals surface area contributed by atoms with Crippen molar-refractivity contribution in [3.63, 3.8) is 0 Å². The van der Waals surface area contributed by atoms with Crippen LogP contribution >= 0.6 is 11.8 Å². The third-order valence-electron chi connectivity index (χ3n) is 4.65. The minimum absolute atomic E-state index is 0.0544. The van der Waals surface area contributed by atoms with E-state index in [4.69, 9.17) is 4.74 Å². The molecule has 3 aliphatic rings. The molecule has 1 aliphatic carbocycles. The summed E-state index contributed by atoms with van der Waals surface area (Å²) in [4.78, 5) is 31.6. The van der Waals surface area contributed by atoms with Crippen LogP contribution in [-0.2, 0) is 22.4 Å². The molecule has 0 N–H and O–H groups in total. The van der Waals surface area contributed by atoms with Crippen LogP contribution in [0.3, 0.4) is 0 Å². The number of amides is 1. The Morgan fingerprint density at radius 3 is 2.95 bits per heavy atom. The quantitative estimate of drug-likeness (QED) is 0.748. The monoisotopic (exact) mass is 321 g/mol. The first-order valence-electron chi connectivity index (χ1n) is 7.86. The number of nitrogens with zero attached hydrogens (tertiary/aromatic N) is 3. The zero-order chi connectivity index (χ0) is 15.1. The van der Waals surface area contributed by atoms with Crippen molar-refractivity contribution in [2.75, 3.05) is 32.1 Å². The van der Waals surface area contributed by atoms with Gasteiger partial charge in [-0.15, -0.1) is 0 Å². The van der Waals surface area contributed by atoms with Gasteiger partial charge in [0, 0.05) is 30.8 Å². The van der Waals surface area contributed by atoms with Gasteiger partial charge >= 0.3 is 0 Å². The number of ether oxygens (including phenoxy) is 1. The summed E-state index contributed by atoms with van der Waals surface area (Å²) in [6, 6.07) is -0.0544. The minimum atomic E-state index is -0.0544. The van der Waals surface area contributed by atoms with Gasteiger partial charge in [0.05, 0.1) is 24.9 Å². The molecular weight excluding hydrogens is 302 g/mol. The van der Waals surface area contributed by atoms with Gasteiger partial charge in [-0.25, -0.2) is 4.98 Å². The molecule has 1 atom stereocenters. The predicted molar refractivity (Wildman–Crippen MR) is 82.3 cm³/mol. The maximum Gasteiger partial charge on any atom is 0.257 e. The molecule has 1 fully saturated rings. The Balaban J connectivity index is 1.57. The number of aromatic nitrogens is 2. The van der Waals surface area contributed by atoms with Gasteiger partial charge in [-0.2, -0.15) is 0 Å². The summed E-state index contributed by atoms with van der Waals surface area (Å²) in [5, 5.41) is 0.797. The average molecular weight is 321 g/mol. The maximum atomic E-state index is 12.7. The lowest BCUT2D eigenvalue weighted by molar-refractivity contribution is -0.136. The van der Waals surface area contributed by atoms with Gasteiger partial charge in [0.2, 0.25) is 5.91 Å². The van der Waals surface area contributed by atoms with Crippen LogP contribution in [-0.4, -0.2) is 52.4 Å². The van der Waals surface area contributed by atoms with Crippen molar-refractivity contribution >= 4 is 17.7 Å². The smallest absolute Gasteiger partial charge is 0.257 e. The zero-order valence-corrected chi connectivity index (χ0v) is 13.2. The molecule has 0 bridgehead atoms. The van der Waals surface area contributed by atoms with E-state index in [-0.39, 0.29) is 17.5 Å². The van der Waals surface area contributed by atoms with E-state index < -0.39 is 0 Å². The first-order valence-corrected chi connectivity index (χ1v) is 8.85.